The summed E-state index contributed by atoms with van der Waals surface area (Å²) in [7, 11) is 2.17. The maximum atomic E-state index is 11.6. The minimum atomic E-state index is -0.247. The number of carbonyl (C=O) groups is 1. The number of hydrogen-bond acceptors (Lipinski definition) is 3. The molecule has 0 saturated carbocycles. The Hall–Kier alpha value is -0.610. The highest BCUT2D eigenvalue weighted by Gasteiger charge is 2.17. The van der Waals surface area contributed by atoms with Gasteiger partial charge in [-0.05, 0) is 59.0 Å². The van der Waals surface area contributed by atoms with Crippen LogP contribution in [0, 0.1) is 5.92 Å². The molecule has 1 atom stereocenters. The quantitative estimate of drug-likeness (QED) is 0.753. The van der Waals surface area contributed by atoms with E-state index in [0.29, 0.717) is 6.42 Å². The van der Waals surface area contributed by atoms with E-state index in [1.54, 1.807) is 0 Å². The summed E-state index contributed by atoms with van der Waals surface area (Å²) >= 11 is 0. The Balaban J connectivity index is 2.08. The molecule has 0 radical (unpaired) electrons. The molecule has 1 heterocycles. The number of rotatable bonds is 6. The molecule has 0 aromatic carbocycles. The molecule has 1 amide bonds. The van der Waals surface area contributed by atoms with E-state index in [1.807, 2.05) is 13.8 Å². The largest absolute Gasteiger partial charge is 0.356 e. The number of carbonyl (C=O) groups excluding carboxylic acids is 1. The zero-order valence-corrected chi connectivity index (χ0v) is 12.2. The topological polar surface area (TPSA) is 58.4 Å². The Morgan fingerprint density at radius 2 is 2.22 bits per heavy atom. The Morgan fingerprint density at radius 3 is 2.83 bits per heavy atom. The second-order valence-electron chi connectivity index (χ2n) is 6.40. The van der Waals surface area contributed by atoms with Gasteiger partial charge in [0.15, 0.2) is 0 Å². The highest BCUT2D eigenvalue weighted by atomic mass is 16.1. The molecule has 3 N–H and O–H groups in total. The van der Waals surface area contributed by atoms with E-state index >= 15 is 0 Å². The average Bonchev–Trinajstić information content (AvgIpc) is 2.25. The van der Waals surface area contributed by atoms with Crippen molar-refractivity contribution >= 4 is 5.91 Å². The van der Waals surface area contributed by atoms with Crippen LogP contribution in [0.4, 0.5) is 0 Å². The van der Waals surface area contributed by atoms with Gasteiger partial charge in [0.2, 0.25) is 5.91 Å². The lowest BCUT2D eigenvalue weighted by atomic mass is 9.95. The normalized spacial score (nSPS) is 21.9. The van der Waals surface area contributed by atoms with Gasteiger partial charge in [-0.25, -0.2) is 0 Å². The maximum absolute atomic E-state index is 11.6. The molecule has 1 rings (SSSR count). The molecule has 0 aromatic rings. The summed E-state index contributed by atoms with van der Waals surface area (Å²) < 4.78 is 0. The van der Waals surface area contributed by atoms with E-state index < -0.39 is 0 Å². The van der Waals surface area contributed by atoms with Crippen molar-refractivity contribution in [2.24, 2.45) is 11.7 Å². The third-order valence-corrected chi connectivity index (χ3v) is 3.59. The lowest BCUT2D eigenvalue weighted by Gasteiger charge is -2.29. The zero-order chi connectivity index (χ0) is 13.6. The van der Waals surface area contributed by atoms with Gasteiger partial charge >= 0.3 is 0 Å². The Morgan fingerprint density at radius 1 is 1.50 bits per heavy atom. The highest BCUT2D eigenvalue weighted by molar-refractivity contribution is 5.75. The van der Waals surface area contributed by atoms with Crippen LogP contribution in [0.1, 0.15) is 46.0 Å². The monoisotopic (exact) mass is 255 g/mol. The number of hydrogen-bond donors (Lipinski definition) is 2. The van der Waals surface area contributed by atoms with Crippen molar-refractivity contribution in [2.45, 2.75) is 51.5 Å². The van der Waals surface area contributed by atoms with Gasteiger partial charge < -0.3 is 16.0 Å². The van der Waals surface area contributed by atoms with Crippen LogP contribution in [0.25, 0.3) is 0 Å². The van der Waals surface area contributed by atoms with Crippen molar-refractivity contribution in [1.29, 1.82) is 0 Å². The predicted octanol–water partition coefficient (Wildman–Crippen LogP) is 1.35. The summed E-state index contributed by atoms with van der Waals surface area (Å²) in [6, 6.07) is 0. The molecule has 0 aliphatic carbocycles. The Labute approximate surface area is 111 Å². The first kappa shape index (κ1) is 15.4. The van der Waals surface area contributed by atoms with Crippen LogP contribution in [-0.2, 0) is 4.79 Å². The van der Waals surface area contributed by atoms with Gasteiger partial charge in [0.25, 0.3) is 0 Å². The number of nitrogens with one attached hydrogen (secondary N) is 1. The molecule has 4 heteroatoms. The minimum absolute atomic E-state index is 0.137. The molecule has 0 aromatic heterocycles. The third-order valence-electron chi connectivity index (χ3n) is 3.59. The fourth-order valence-electron chi connectivity index (χ4n) is 2.45. The molecule has 4 nitrogen and oxygen atoms in total. The lowest BCUT2D eigenvalue weighted by molar-refractivity contribution is -0.121. The molecule has 18 heavy (non-hydrogen) atoms. The summed E-state index contributed by atoms with van der Waals surface area (Å²) in [5, 5.41) is 3.00. The smallest absolute Gasteiger partial charge is 0.220 e. The van der Waals surface area contributed by atoms with Crippen LogP contribution >= 0.6 is 0 Å². The third kappa shape index (κ3) is 6.97. The van der Waals surface area contributed by atoms with Crippen molar-refractivity contribution < 1.29 is 4.79 Å². The SMILES string of the molecule is CN1CCCC(CCNC(=O)CCC(C)(C)N)C1. The molecular weight excluding hydrogens is 226 g/mol. The number of piperidine rings is 1. The van der Waals surface area contributed by atoms with E-state index in [9.17, 15) is 4.79 Å². The lowest BCUT2D eigenvalue weighted by Crippen LogP contribution is -2.36. The second kappa shape index (κ2) is 7.10. The van der Waals surface area contributed by atoms with Gasteiger partial charge in [-0.3, -0.25) is 4.79 Å². The average molecular weight is 255 g/mol. The number of likely N-dealkylation sites (tertiary alicyclic amines) is 1. The van der Waals surface area contributed by atoms with Crippen molar-refractivity contribution in [3.8, 4) is 0 Å². The second-order valence-corrected chi connectivity index (χ2v) is 6.40. The first-order chi connectivity index (χ1) is 8.37. The van der Waals surface area contributed by atoms with Gasteiger partial charge in [-0.15, -0.1) is 0 Å². The molecule has 1 unspecified atom stereocenters. The van der Waals surface area contributed by atoms with Gasteiger partial charge in [0.05, 0.1) is 0 Å². The number of amides is 1. The molecule has 1 aliphatic rings. The van der Waals surface area contributed by atoms with Crippen LogP contribution in [-0.4, -0.2) is 43.0 Å². The van der Waals surface area contributed by atoms with Crippen LogP contribution < -0.4 is 11.1 Å². The summed E-state index contributed by atoms with van der Waals surface area (Å²) in [5.41, 5.74) is 5.61. The van der Waals surface area contributed by atoms with Crippen LogP contribution in [0.5, 0.6) is 0 Å². The summed E-state index contributed by atoms with van der Waals surface area (Å²) in [5.74, 6) is 0.882. The van der Waals surface area contributed by atoms with Crippen LogP contribution in [0.2, 0.25) is 0 Å². The molecule has 106 valence electrons. The van der Waals surface area contributed by atoms with E-state index in [2.05, 4.69) is 17.3 Å². The molecule has 0 spiro atoms. The van der Waals surface area contributed by atoms with Crippen molar-refractivity contribution in [3.63, 3.8) is 0 Å². The van der Waals surface area contributed by atoms with E-state index in [4.69, 9.17) is 5.73 Å². The minimum Gasteiger partial charge on any atom is -0.356 e. The maximum Gasteiger partial charge on any atom is 0.220 e. The molecule has 1 fully saturated rings. The fraction of sp³-hybridized carbons (Fsp3) is 0.929. The first-order valence-electron chi connectivity index (χ1n) is 7.11. The van der Waals surface area contributed by atoms with Gasteiger partial charge in [-0.1, -0.05) is 0 Å². The van der Waals surface area contributed by atoms with Crippen molar-refractivity contribution in [3.05, 3.63) is 0 Å². The van der Waals surface area contributed by atoms with Crippen LogP contribution in [0.15, 0.2) is 0 Å². The van der Waals surface area contributed by atoms with E-state index in [0.717, 1.165) is 25.3 Å². The van der Waals surface area contributed by atoms with Gasteiger partial charge in [-0.2, -0.15) is 0 Å². The standard InChI is InChI=1S/C14H29N3O/c1-14(2,15)8-6-13(18)16-9-7-12-5-4-10-17(3)11-12/h12H,4-11,15H2,1-3H3,(H,16,18). The predicted molar refractivity (Wildman–Crippen MR) is 75.3 cm³/mol. The van der Waals surface area contributed by atoms with E-state index in [1.165, 1.54) is 25.9 Å². The van der Waals surface area contributed by atoms with Crippen molar-refractivity contribution in [1.82, 2.24) is 10.2 Å². The number of nitrogens with zero attached hydrogens (tertiary/aromatic N) is 1. The highest BCUT2D eigenvalue weighted by Crippen LogP contribution is 2.17. The molecule has 1 aliphatic heterocycles. The Bertz CT molecular complexity index is 260. The van der Waals surface area contributed by atoms with Gasteiger partial charge in [0, 0.05) is 25.0 Å². The Kier molecular flexibility index (Phi) is 6.09. The molecule has 0 bridgehead atoms. The molecule has 1 saturated heterocycles. The molecular formula is C14H29N3O. The zero-order valence-electron chi connectivity index (χ0n) is 12.2. The first-order valence-corrected chi connectivity index (χ1v) is 7.11. The van der Waals surface area contributed by atoms with E-state index in [-0.39, 0.29) is 11.4 Å². The number of nitrogens with two attached hydrogens (primary N) is 1. The fourth-order valence-corrected chi connectivity index (χ4v) is 2.45. The van der Waals surface area contributed by atoms with Crippen LogP contribution in [0.3, 0.4) is 0 Å². The summed E-state index contributed by atoms with van der Waals surface area (Å²) in [6.45, 7) is 7.11. The summed E-state index contributed by atoms with van der Waals surface area (Å²) in [4.78, 5) is 14.0. The van der Waals surface area contributed by atoms with Crippen molar-refractivity contribution in [2.75, 3.05) is 26.7 Å². The summed E-state index contributed by atoms with van der Waals surface area (Å²) in [6.07, 6.45) is 4.97. The van der Waals surface area contributed by atoms with Gasteiger partial charge in [0.1, 0.15) is 0 Å².